The maximum Gasteiger partial charge on any atom is 0.167 e. The van der Waals surface area contributed by atoms with Crippen molar-refractivity contribution in [1.82, 2.24) is 0 Å². The molecule has 0 heterocycles. The Bertz CT molecular complexity index is 441. The number of aliphatic hydroxyl groups is 4. The smallest absolute Gasteiger partial charge is 0.167 e. The lowest BCUT2D eigenvalue weighted by atomic mass is 9.76. The molecule has 0 aromatic carbocycles. The highest BCUT2D eigenvalue weighted by atomic mass is 16.3. The summed E-state index contributed by atoms with van der Waals surface area (Å²) in [4.78, 5) is 12.2. The van der Waals surface area contributed by atoms with Crippen molar-refractivity contribution in [3.8, 4) is 0 Å². The van der Waals surface area contributed by atoms with Crippen molar-refractivity contribution in [3.63, 3.8) is 0 Å². The number of ketones is 1. The Balaban J connectivity index is 2.84. The molecule has 5 nitrogen and oxygen atoms in total. The molecule has 0 aromatic rings. The Kier molecular flexibility index (Phi) is 7.61. The molecule has 1 aliphatic carbocycles. The van der Waals surface area contributed by atoms with E-state index in [9.17, 15) is 25.2 Å². The van der Waals surface area contributed by atoms with E-state index in [0.717, 1.165) is 6.42 Å². The Labute approximate surface area is 138 Å². The van der Waals surface area contributed by atoms with E-state index in [1.54, 1.807) is 13.0 Å². The number of aliphatic hydroxyl groups excluding tert-OH is 4. The molecule has 5 heteroatoms. The minimum absolute atomic E-state index is 0.166. The normalized spacial score (nSPS) is 33.4. The molecule has 1 aliphatic rings. The van der Waals surface area contributed by atoms with E-state index in [0.29, 0.717) is 0 Å². The quantitative estimate of drug-likeness (QED) is 0.525. The predicted molar refractivity (Wildman–Crippen MR) is 88.6 cm³/mol. The van der Waals surface area contributed by atoms with E-state index >= 15 is 0 Å². The third kappa shape index (κ3) is 5.53. The molecule has 0 bridgehead atoms. The minimum Gasteiger partial charge on any atom is -0.393 e. The number of carbonyl (C=O) groups excluding carboxylic acids is 1. The molecule has 0 amide bonds. The summed E-state index contributed by atoms with van der Waals surface area (Å²) in [5.41, 5.74) is 0. The average molecular weight is 326 g/mol. The zero-order valence-electron chi connectivity index (χ0n) is 14.3. The van der Waals surface area contributed by atoms with Gasteiger partial charge >= 0.3 is 0 Å². The van der Waals surface area contributed by atoms with E-state index in [-0.39, 0.29) is 23.9 Å². The third-order valence-electron chi connectivity index (χ3n) is 4.63. The van der Waals surface area contributed by atoms with E-state index in [2.05, 4.69) is 0 Å². The first-order chi connectivity index (χ1) is 10.6. The minimum atomic E-state index is -1.22. The molecule has 8 atom stereocenters. The zero-order chi connectivity index (χ0) is 17.7. The second-order valence-electron chi connectivity index (χ2n) is 6.86. The van der Waals surface area contributed by atoms with Gasteiger partial charge in [0.1, 0.15) is 6.10 Å². The summed E-state index contributed by atoms with van der Waals surface area (Å²) in [5.74, 6) is -1.31. The van der Waals surface area contributed by atoms with Crippen molar-refractivity contribution >= 4 is 5.78 Å². The fourth-order valence-corrected chi connectivity index (χ4v) is 2.92. The maximum atomic E-state index is 12.2. The SMILES string of the molecule is C[C@H](O)C(=O)[C@@H]1[C@@H](O)[C@H](O)C=C[C@H]1/C=C/[C@H](C)C[C@H](C)[C@@H](C)O. The van der Waals surface area contributed by atoms with Gasteiger partial charge in [-0.2, -0.15) is 0 Å². The van der Waals surface area contributed by atoms with Crippen LogP contribution >= 0.6 is 0 Å². The van der Waals surface area contributed by atoms with Crippen molar-refractivity contribution in [2.24, 2.45) is 23.7 Å². The van der Waals surface area contributed by atoms with Crippen molar-refractivity contribution in [3.05, 3.63) is 24.3 Å². The lowest BCUT2D eigenvalue weighted by Gasteiger charge is -2.33. The van der Waals surface area contributed by atoms with Gasteiger partial charge in [-0.05, 0) is 32.1 Å². The van der Waals surface area contributed by atoms with Crippen LogP contribution in [0.4, 0.5) is 0 Å². The molecule has 0 aromatic heterocycles. The fraction of sp³-hybridized carbons (Fsp3) is 0.722. The Morgan fingerprint density at radius 1 is 1.13 bits per heavy atom. The van der Waals surface area contributed by atoms with E-state index < -0.39 is 30.0 Å². The van der Waals surface area contributed by atoms with Gasteiger partial charge < -0.3 is 20.4 Å². The second-order valence-corrected chi connectivity index (χ2v) is 6.86. The van der Waals surface area contributed by atoms with Gasteiger partial charge in [-0.1, -0.05) is 38.2 Å². The first-order valence-electron chi connectivity index (χ1n) is 8.27. The third-order valence-corrected chi connectivity index (χ3v) is 4.63. The zero-order valence-corrected chi connectivity index (χ0v) is 14.3. The van der Waals surface area contributed by atoms with E-state index in [1.807, 2.05) is 26.0 Å². The number of Topliss-reactive ketones (excluding diaryl/α,β-unsaturated/α-hetero) is 1. The Morgan fingerprint density at radius 2 is 1.74 bits per heavy atom. The van der Waals surface area contributed by atoms with Crippen LogP contribution in [0.15, 0.2) is 24.3 Å². The molecule has 0 radical (unpaired) electrons. The predicted octanol–water partition coefficient (Wildman–Crippen LogP) is 1.06. The second kappa shape index (κ2) is 8.73. The number of carbonyl (C=O) groups is 1. The lowest BCUT2D eigenvalue weighted by molar-refractivity contribution is -0.138. The molecule has 0 spiro atoms. The largest absolute Gasteiger partial charge is 0.393 e. The molecule has 0 aliphatic heterocycles. The van der Waals surface area contributed by atoms with Crippen LogP contribution in [0.1, 0.15) is 34.1 Å². The van der Waals surface area contributed by atoms with E-state index in [1.165, 1.54) is 13.0 Å². The monoisotopic (exact) mass is 326 g/mol. The summed E-state index contributed by atoms with van der Waals surface area (Å²) in [7, 11) is 0. The van der Waals surface area contributed by atoms with Gasteiger partial charge in [0.15, 0.2) is 5.78 Å². The van der Waals surface area contributed by atoms with Crippen molar-refractivity contribution in [1.29, 1.82) is 0 Å². The van der Waals surface area contributed by atoms with Gasteiger partial charge in [0, 0.05) is 5.92 Å². The number of hydrogen-bond acceptors (Lipinski definition) is 5. The van der Waals surface area contributed by atoms with Crippen molar-refractivity contribution in [2.45, 2.75) is 58.5 Å². The summed E-state index contributed by atoms with van der Waals surface area (Å²) in [6, 6.07) is 0. The van der Waals surface area contributed by atoms with Crippen LogP contribution in [0.5, 0.6) is 0 Å². The molecule has 23 heavy (non-hydrogen) atoms. The van der Waals surface area contributed by atoms with Crippen LogP contribution < -0.4 is 0 Å². The summed E-state index contributed by atoms with van der Waals surface area (Å²) >= 11 is 0. The van der Waals surface area contributed by atoms with Gasteiger partial charge in [0.25, 0.3) is 0 Å². The van der Waals surface area contributed by atoms with Crippen LogP contribution in [0, 0.1) is 23.7 Å². The summed E-state index contributed by atoms with van der Waals surface area (Å²) in [6.45, 7) is 7.14. The molecule has 132 valence electrons. The number of rotatable bonds is 7. The van der Waals surface area contributed by atoms with Crippen LogP contribution in [-0.4, -0.2) is 50.6 Å². The maximum absolute atomic E-state index is 12.2. The van der Waals surface area contributed by atoms with Crippen LogP contribution in [-0.2, 0) is 4.79 Å². The molecule has 4 N–H and O–H groups in total. The van der Waals surface area contributed by atoms with Gasteiger partial charge in [-0.25, -0.2) is 0 Å². The molecule has 0 fully saturated rings. The lowest BCUT2D eigenvalue weighted by Crippen LogP contribution is -2.46. The molecular formula is C18H30O5. The summed E-state index contributed by atoms with van der Waals surface area (Å²) in [5, 5.41) is 38.9. The highest BCUT2D eigenvalue weighted by molar-refractivity contribution is 5.86. The van der Waals surface area contributed by atoms with Crippen LogP contribution in [0.25, 0.3) is 0 Å². The molecule has 0 saturated carbocycles. The Morgan fingerprint density at radius 3 is 2.26 bits per heavy atom. The van der Waals surface area contributed by atoms with Crippen molar-refractivity contribution in [2.75, 3.05) is 0 Å². The topological polar surface area (TPSA) is 98.0 Å². The van der Waals surface area contributed by atoms with Crippen LogP contribution in [0.3, 0.4) is 0 Å². The summed E-state index contributed by atoms with van der Waals surface area (Å²) < 4.78 is 0. The molecule has 0 unspecified atom stereocenters. The molecule has 0 saturated heterocycles. The highest BCUT2D eigenvalue weighted by Crippen LogP contribution is 2.29. The van der Waals surface area contributed by atoms with Crippen molar-refractivity contribution < 1.29 is 25.2 Å². The number of allylic oxidation sites excluding steroid dienone is 3. The van der Waals surface area contributed by atoms with Gasteiger partial charge in [0.2, 0.25) is 0 Å². The van der Waals surface area contributed by atoms with Gasteiger partial charge in [-0.15, -0.1) is 0 Å². The number of hydrogen-bond donors (Lipinski definition) is 4. The summed E-state index contributed by atoms with van der Waals surface area (Å²) in [6.07, 6.45) is 3.92. The van der Waals surface area contributed by atoms with E-state index in [4.69, 9.17) is 0 Å². The average Bonchev–Trinajstić information content (AvgIpc) is 2.47. The fourth-order valence-electron chi connectivity index (χ4n) is 2.92. The first kappa shape index (κ1) is 20.0. The standard InChI is InChI=1S/C18H30O5/c1-10(9-11(2)12(3)19)5-6-14-7-8-15(21)18(23)16(14)17(22)13(4)20/h5-8,10-16,18-21,23H,9H2,1-4H3/b6-5+/t10-,11-,12+,13-,14+,15+,16+,18-/m0/s1. The van der Waals surface area contributed by atoms with Gasteiger partial charge in [-0.3, -0.25) is 4.79 Å². The molecule has 1 rings (SSSR count). The first-order valence-corrected chi connectivity index (χ1v) is 8.27. The molecular weight excluding hydrogens is 296 g/mol. The Hall–Kier alpha value is -1.01. The highest BCUT2D eigenvalue weighted by Gasteiger charge is 2.39. The van der Waals surface area contributed by atoms with Gasteiger partial charge in [0.05, 0.1) is 24.2 Å². The van der Waals surface area contributed by atoms with Crippen LogP contribution in [0.2, 0.25) is 0 Å².